The fourth-order valence-electron chi connectivity index (χ4n) is 3.48. The fraction of sp³-hybridized carbons (Fsp3) is 0.300. The Morgan fingerprint density at radius 2 is 1.78 bits per heavy atom. The lowest BCUT2D eigenvalue weighted by Gasteiger charge is -2.17. The van der Waals surface area contributed by atoms with Gasteiger partial charge in [-0.05, 0) is 42.7 Å². The van der Waals surface area contributed by atoms with Crippen LogP contribution in [0.5, 0.6) is 0 Å². The maximum Gasteiger partial charge on any atom is 0.243 e. The molecule has 0 spiro atoms. The number of aryl methyl sites for hydroxylation is 1. The molecule has 1 saturated carbocycles. The van der Waals surface area contributed by atoms with E-state index in [9.17, 15) is 4.79 Å². The zero-order chi connectivity index (χ0) is 15.6. The highest BCUT2D eigenvalue weighted by molar-refractivity contribution is 6.03. The maximum atomic E-state index is 12.3. The molecule has 0 aromatic heterocycles. The molecule has 23 heavy (non-hydrogen) atoms. The topological polar surface area (TPSA) is 41.5 Å². The van der Waals surface area contributed by atoms with Gasteiger partial charge in [0.2, 0.25) is 5.91 Å². The number of benzene rings is 2. The van der Waals surface area contributed by atoms with Crippen molar-refractivity contribution in [2.45, 2.75) is 31.6 Å². The van der Waals surface area contributed by atoms with Crippen molar-refractivity contribution in [1.82, 2.24) is 5.43 Å². The van der Waals surface area contributed by atoms with Crippen LogP contribution in [-0.2, 0) is 11.2 Å². The number of carbonyl (C=O) groups excluding carboxylic acids is 1. The fourth-order valence-corrected chi connectivity index (χ4v) is 3.48. The Bertz CT molecular complexity index is 751. The second-order valence-corrected chi connectivity index (χ2v) is 6.40. The number of hydrogen-bond acceptors (Lipinski definition) is 2. The molecular weight excluding hydrogens is 284 g/mol. The van der Waals surface area contributed by atoms with Crippen molar-refractivity contribution < 1.29 is 4.79 Å². The van der Waals surface area contributed by atoms with Gasteiger partial charge in [0.05, 0.1) is 5.71 Å². The predicted octanol–water partition coefficient (Wildman–Crippen LogP) is 3.65. The summed E-state index contributed by atoms with van der Waals surface area (Å²) in [6.45, 7) is 0. The molecule has 1 fully saturated rings. The van der Waals surface area contributed by atoms with E-state index in [-0.39, 0.29) is 11.8 Å². The van der Waals surface area contributed by atoms with Crippen LogP contribution in [0.4, 0.5) is 0 Å². The third-order valence-electron chi connectivity index (χ3n) is 4.84. The van der Waals surface area contributed by atoms with Crippen molar-refractivity contribution in [3.05, 3.63) is 71.3 Å². The van der Waals surface area contributed by atoms with Crippen LogP contribution in [0.1, 0.15) is 41.9 Å². The second kappa shape index (κ2) is 5.99. The number of hydrazone groups is 1. The highest BCUT2D eigenvalue weighted by Crippen LogP contribution is 2.47. The molecule has 116 valence electrons. The van der Waals surface area contributed by atoms with Crippen molar-refractivity contribution in [1.29, 1.82) is 0 Å². The van der Waals surface area contributed by atoms with Gasteiger partial charge < -0.3 is 0 Å². The van der Waals surface area contributed by atoms with Crippen molar-refractivity contribution >= 4 is 11.6 Å². The van der Waals surface area contributed by atoms with Crippen molar-refractivity contribution in [2.24, 2.45) is 11.0 Å². The van der Waals surface area contributed by atoms with Gasteiger partial charge in [0.15, 0.2) is 0 Å². The van der Waals surface area contributed by atoms with Gasteiger partial charge in [-0.2, -0.15) is 5.10 Å². The zero-order valence-corrected chi connectivity index (χ0v) is 13.0. The second-order valence-electron chi connectivity index (χ2n) is 6.40. The van der Waals surface area contributed by atoms with Gasteiger partial charge in [-0.1, -0.05) is 54.6 Å². The molecule has 1 amide bonds. The molecule has 2 aromatic carbocycles. The number of nitrogens with zero attached hydrogens (tertiary/aromatic N) is 1. The molecule has 0 saturated heterocycles. The smallest absolute Gasteiger partial charge is 0.243 e. The van der Waals surface area contributed by atoms with E-state index in [0.29, 0.717) is 5.92 Å². The van der Waals surface area contributed by atoms with Crippen LogP contribution >= 0.6 is 0 Å². The third-order valence-corrected chi connectivity index (χ3v) is 4.84. The summed E-state index contributed by atoms with van der Waals surface area (Å²) >= 11 is 0. The minimum Gasteiger partial charge on any atom is -0.273 e. The number of amides is 1. The quantitative estimate of drug-likeness (QED) is 0.864. The number of nitrogens with one attached hydrogen (secondary N) is 1. The predicted molar refractivity (Wildman–Crippen MR) is 91.3 cm³/mol. The van der Waals surface area contributed by atoms with Crippen LogP contribution in [-0.4, -0.2) is 11.6 Å². The average Bonchev–Trinajstić information content (AvgIpc) is 3.41. The van der Waals surface area contributed by atoms with E-state index in [0.717, 1.165) is 31.4 Å². The summed E-state index contributed by atoms with van der Waals surface area (Å²) in [7, 11) is 0. The van der Waals surface area contributed by atoms with Crippen LogP contribution < -0.4 is 5.43 Å². The van der Waals surface area contributed by atoms with E-state index < -0.39 is 0 Å². The van der Waals surface area contributed by atoms with E-state index in [4.69, 9.17) is 0 Å². The van der Waals surface area contributed by atoms with E-state index in [1.165, 1.54) is 16.7 Å². The Balaban J connectivity index is 1.43. The highest BCUT2D eigenvalue weighted by atomic mass is 16.2. The van der Waals surface area contributed by atoms with Gasteiger partial charge in [0.25, 0.3) is 0 Å². The Morgan fingerprint density at radius 3 is 2.65 bits per heavy atom. The van der Waals surface area contributed by atoms with E-state index >= 15 is 0 Å². The minimum atomic E-state index is 0.0504. The first kappa shape index (κ1) is 14.2. The molecule has 0 radical (unpaired) electrons. The largest absolute Gasteiger partial charge is 0.273 e. The van der Waals surface area contributed by atoms with Crippen molar-refractivity contribution in [3.8, 4) is 0 Å². The number of hydrogen-bond donors (Lipinski definition) is 1. The molecule has 2 atom stereocenters. The molecule has 0 aliphatic heterocycles. The lowest BCUT2D eigenvalue weighted by Crippen LogP contribution is -2.23. The van der Waals surface area contributed by atoms with Gasteiger partial charge >= 0.3 is 0 Å². The highest BCUT2D eigenvalue weighted by Gasteiger charge is 2.43. The van der Waals surface area contributed by atoms with Crippen LogP contribution in [0.3, 0.4) is 0 Å². The van der Waals surface area contributed by atoms with Crippen LogP contribution in [0.2, 0.25) is 0 Å². The molecule has 2 aliphatic carbocycles. The molecule has 0 bridgehead atoms. The Morgan fingerprint density at radius 1 is 1.00 bits per heavy atom. The molecule has 2 aliphatic rings. The average molecular weight is 304 g/mol. The maximum absolute atomic E-state index is 12.3. The standard InChI is InChI=1S/C20H20N2O/c23-20(18-13-17(18)15-7-2-1-3-8-15)22-21-19-12-6-10-14-9-4-5-11-16(14)19/h1-5,7-9,11,17-18H,6,10,12-13H2,(H,22,23)/t17-,18-/m1/s1. The first-order valence-electron chi connectivity index (χ1n) is 8.32. The Labute approximate surface area is 136 Å². The van der Waals surface area contributed by atoms with Crippen LogP contribution in [0.15, 0.2) is 59.7 Å². The minimum absolute atomic E-state index is 0.0504. The Kier molecular flexibility index (Phi) is 3.70. The van der Waals surface area contributed by atoms with E-state index in [1.54, 1.807) is 0 Å². The summed E-state index contributed by atoms with van der Waals surface area (Å²) in [6.07, 6.45) is 4.06. The molecule has 2 aromatic rings. The molecule has 1 N–H and O–H groups in total. The summed E-state index contributed by atoms with van der Waals surface area (Å²) in [4.78, 5) is 12.3. The zero-order valence-electron chi connectivity index (χ0n) is 13.0. The molecular formula is C20H20N2O. The normalized spacial score (nSPS) is 24.1. The molecule has 3 nitrogen and oxygen atoms in total. The lowest BCUT2D eigenvalue weighted by molar-refractivity contribution is -0.122. The monoisotopic (exact) mass is 304 g/mol. The summed E-state index contributed by atoms with van der Waals surface area (Å²) in [5, 5.41) is 4.43. The van der Waals surface area contributed by atoms with Gasteiger partial charge in [-0.15, -0.1) is 0 Å². The lowest BCUT2D eigenvalue weighted by atomic mass is 9.90. The van der Waals surface area contributed by atoms with Crippen molar-refractivity contribution in [2.75, 3.05) is 0 Å². The van der Waals surface area contributed by atoms with Crippen LogP contribution in [0, 0.1) is 5.92 Å². The summed E-state index contributed by atoms with van der Waals surface area (Å²) in [5.74, 6) is 0.477. The van der Waals surface area contributed by atoms with E-state index in [2.05, 4.69) is 40.9 Å². The van der Waals surface area contributed by atoms with Crippen LogP contribution in [0.25, 0.3) is 0 Å². The first-order chi connectivity index (χ1) is 11.3. The van der Waals surface area contributed by atoms with E-state index in [1.807, 2.05) is 24.3 Å². The number of rotatable bonds is 3. The molecule has 0 unspecified atom stereocenters. The molecule has 0 heterocycles. The summed E-state index contributed by atoms with van der Waals surface area (Å²) in [6, 6.07) is 18.6. The third kappa shape index (κ3) is 2.91. The Hall–Kier alpha value is -2.42. The molecule has 4 rings (SSSR count). The number of fused-ring (bicyclic) bond motifs is 1. The molecule has 3 heteroatoms. The van der Waals surface area contributed by atoms with Gasteiger partial charge in [-0.3, -0.25) is 4.79 Å². The summed E-state index contributed by atoms with van der Waals surface area (Å²) in [5.41, 5.74) is 7.59. The van der Waals surface area contributed by atoms with Gasteiger partial charge in [-0.25, -0.2) is 5.43 Å². The van der Waals surface area contributed by atoms with Crippen molar-refractivity contribution in [3.63, 3.8) is 0 Å². The first-order valence-corrected chi connectivity index (χ1v) is 8.32. The van der Waals surface area contributed by atoms with Gasteiger partial charge in [0, 0.05) is 11.5 Å². The SMILES string of the molecule is O=C(NN=C1CCCc2ccccc21)[C@@H]1C[C@@H]1c1ccccc1. The summed E-state index contributed by atoms with van der Waals surface area (Å²) < 4.78 is 0. The number of carbonyl (C=O) groups is 1. The van der Waals surface area contributed by atoms with Gasteiger partial charge in [0.1, 0.15) is 0 Å².